The van der Waals surface area contributed by atoms with Crippen LogP contribution in [0.15, 0.2) is 24.3 Å². The second kappa shape index (κ2) is 9.48. The number of nitrogens with zero attached hydrogens (tertiary/aromatic N) is 1. The van der Waals surface area contributed by atoms with Gasteiger partial charge in [-0.15, -0.1) is 0 Å². The Hall–Kier alpha value is -2.44. The van der Waals surface area contributed by atoms with E-state index in [1.807, 2.05) is 0 Å². The van der Waals surface area contributed by atoms with Crippen molar-refractivity contribution in [1.82, 2.24) is 10.2 Å². The van der Waals surface area contributed by atoms with Crippen LogP contribution in [0.3, 0.4) is 0 Å². The van der Waals surface area contributed by atoms with E-state index in [9.17, 15) is 18.8 Å². The zero-order valence-corrected chi connectivity index (χ0v) is 15.9. The van der Waals surface area contributed by atoms with Crippen molar-refractivity contribution in [3.63, 3.8) is 0 Å². The van der Waals surface area contributed by atoms with Crippen molar-refractivity contribution < 1.29 is 23.5 Å². The molecular weight excluding hydrogens is 351 g/mol. The third-order valence-electron chi connectivity index (χ3n) is 4.81. The van der Waals surface area contributed by atoms with Crippen LogP contribution in [-0.2, 0) is 25.5 Å². The number of likely N-dealkylation sites (tertiary alicyclic amines) is 1. The number of carbonyl (C=O) groups is 3. The molecule has 7 heteroatoms. The van der Waals surface area contributed by atoms with E-state index in [-0.39, 0.29) is 49.7 Å². The highest BCUT2D eigenvalue weighted by Gasteiger charge is 2.44. The van der Waals surface area contributed by atoms with E-state index >= 15 is 0 Å². The normalized spacial score (nSPS) is 19.4. The van der Waals surface area contributed by atoms with E-state index in [0.29, 0.717) is 25.8 Å². The number of hydrogen-bond acceptors (Lipinski definition) is 4. The van der Waals surface area contributed by atoms with Crippen LogP contribution in [0.2, 0.25) is 0 Å². The lowest BCUT2D eigenvalue weighted by Gasteiger charge is -2.41. The fourth-order valence-electron chi connectivity index (χ4n) is 3.51. The Bertz CT molecular complexity index is 677. The van der Waals surface area contributed by atoms with Crippen LogP contribution in [0, 0.1) is 11.2 Å². The molecule has 1 aliphatic heterocycles. The van der Waals surface area contributed by atoms with Crippen LogP contribution < -0.4 is 5.32 Å². The predicted molar refractivity (Wildman–Crippen MR) is 98.3 cm³/mol. The molecule has 0 aromatic heterocycles. The highest BCUT2D eigenvalue weighted by Crippen LogP contribution is 2.35. The van der Waals surface area contributed by atoms with Gasteiger partial charge in [0.25, 0.3) is 0 Å². The molecule has 1 atom stereocenters. The first-order valence-corrected chi connectivity index (χ1v) is 9.30. The maximum absolute atomic E-state index is 13.2. The molecule has 148 valence electrons. The second-order valence-corrected chi connectivity index (χ2v) is 6.96. The average molecular weight is 378 g/mol. The minimum atomic E-state index is -0.838. The third-order valence-corrected chi connectivity index (χ3v) is 4.81. The summed E-state index contributed by atoms with van der Waals surface area (Å²) in [5.74, 6) is -0.939. The quantitative estimate of drug-likeness (QED) is 0.737. The summed E-state index contributed by atoms with van der Waals surface area (Å²) in [5.41, 5.74) is -0.00699. The SMILES string of the molecule is CCOC(=O)[C@]1(Cc2ccc(F)cc2)CCCN(C(=O)CCNC(C)=O)C1. The summed E-state index contributed by atoms with van der Waals surface area (Å²) in [7, 11) is 0. The predicted octanol–water partition coefficient (Wildman–Crippen LogP) is 2.07. The zero-order valence-electron chi connectivity index (χ0n) is 15.9. The number of piperidine rings is 1. The molecule has 2 amide bonds. The molecule has 1 saturated heterocycles. The van der Waals surface area contributed by atoms with Gasteiger partial charge in [-0.25, -0.2) is 4.39 Å². The van der Waals surface area contributed by atoms with Gasteiger partial charge in [0.2, 0.25) is 11.8 Å². The van der Waals surface area contributed by atoms with Gasteiger partial charge in [-0.1, -0.05) is 12.1 Å². The Balaban J connectivity index is 2.14. The number of hydrogen-bond donors (Lipinski definition) is 1. The molecule has 0 unspecified atom stereocenters. The van der Waals surface area contributed by atoms with Crippen LogP contribution in [0.1, 0.15) is 38.7 Å². The van der Waals surface area contributed by atoms with Gasteiger partial charge in [0.15, 0.2) is 0 Å². The molecule has 2 rings (SSSR count). The van der Waals surface area contributed by atoms with Gasteiger partial charge in [-0.05, 0) is 43.9 Å². The number of carbonyl (C=O) groups excluding carboxylic acids is 3. The van der Waals surface area contributed by atoms with Crippen molar-refractivity contribution in [2.75, 3.05) is 26.2 Å². The lowest BCUT2D eigenvalue weighted by molar-refractivity contribution is -0.160. The fourth-order valence-corrected chi connectivity index (χ4v) is 3.51. The van der Waals surface area contributed by atoms with Gasteiger partial charge in [0.05, 0.1) is 12.0 Å². The van der Waals surface area contributed by atoms with Crippen LogP contribution >= 0.6 is 0 Å². The first kappa shape index (κ1) is 20.9. The van der Waals surface area contributed by atoms with Crippen molar-refractivity contribution in [2.24, 2.45) is 5.41 Å². The summed E-state index contributed by atoms with van der Waals surface area (Å²) in [6.45, 7) is 4.53. The second-order valence-electron chi connectivity index (χ2n) is 6.96. The standard InChI is InChI=1S/C20H27FN2O4/c1-3-27-19(26)20(13-16-5-7-17(21)8-6-16)10-4-12-23(14-20)18(25)9-11-22-15(2)24/h5-8H,3-4,9-14H2,1-2H3,(H,22,24)/t20-/m0/s1. The van der Waals surface area contributed by atoms with Gasteiger partial charge in [0, 0.05) is 33.0 Å². The highest BCUT2D eigenvalue weighted by atomic mass is 19.1. The highest BCUT2D eigenvalue weighted by molar-refractivity contribution is 5.81. The Kier molecular flexibility index (Phi) is 7.33. The minimum Gasteiger partial charge on any atom is -0.466 e. The number of rotatable bonds is 7. The van der Waals surface area contributed by atoms with Crippen LogP contribution in [0.5, 0.6) is 0 Å². The molecule has 0 saturated carbocycles. The Morgan fingerprint density at radius 3 is 2.59 bits per heavy atom. The van der Waals surface area contributed by atoms with Crippen molar-refractivity contribution in [1.29, 1.82) is 0 Å². The first-order valence-electron chi connectivity index (χ1n) is 9.30. The minimum absolute atomic E-state index is 0.101. The largest absolute Gasteiger partial charge is 0.466 e. The number of amides is 2. The Morgan fingerprint density at radius 2 is 1.96 bits per heavy atom. The van der Waals surface area contributed by atoms with Gasteiger partial charge >= 0.3 is 5.97 Å². The number of nitrogens with one attached hydrogen (secondary N) is 1. The fraction of sp³-hybridized carbons (Fsp3) is 0.550. The van der Waals surface area contributed by atoms with Crippen molar-refractivity contribution in [3.8, 4) is 0 Å². The molecule has 6 nitrogen and oxygen atoms in total. The molecule has 0 radical (unpaired) electrons. The van der Waals surface area contributed by atoms with Crippen LogP contribution in [-0.4, -0.2) is 48.9 Å². The number of esters is 1. The summed E-state index contributed by atoms with van der Waals surface area (Å²) in [4.78, 5) is 37.9. The maximum atomic E-state index is 13.2. The molecule has 27 heavy (non-hydrogen) atoms. The van der Waals surface area contributed by atoms with E-state index in [4.69, 9.17) is 4.74 Å². The molecule has 0 bridgehead atoms. The van der Waals surface area contributed by atoms with E-state index in [0.717, 1.165) is 5.56 Å². The summed E-state index contributed by atoms with van der Waals surface area (Å²) < 4.78 is 18.5. The molecule has 1 N–H and O–H groups in total. The summed E-state index contributed by atoms with van der Waals surface area (Å²) >= 11 is 0. The zero-order chi connectivity index (χ0) is 19.9. The summed E-state index contributed by atoms with van der Waals surface area (Å²) in [6.07, 6.45) is 1.88. The number of benzene rings is 1. The average Bonchev–Trinajstić information content (AvgIpc) is 2.63. The van der Waals surface area contributed by atoms with Crippen molar-refractivity contribution in [3.05, 3.63) is 35.6 Å². The lowest BCUT2D eigenvalue weighted by atomic mass is 9.75. The topological polar surface area (TPSA) is 75.7 Å². The molecule has 0 aliphatic carbocycles. The maximum Gasteiger partial charge on any atom is 0.314 e. The molecule has 1 aliphatic rings. The molecule has 0 spiro atoms. The van der Waals surface area contributed by atoms with Gasteiger partial charge in [-0.2, -0.15) is 0 Å². The molecular formula is C20H27FN2O4. The molecule has 1 fully saturated rings. The van der Waals surface area contributed by atoms with Crippen LogP contribution in [0.4, 0.5) is 4.39 Å². The van der Waals surface area contributed by atoms with Gasteiger partial charge in [-0.3, -0.25) is 14.4 Å². The Morgan fingerprint density at radius 1 is 1.26 bits per heavy atom. The van der Waals surface area contributed by atoms with E-state index in [1.54, 1.807) is 24.0 Å². The van der Waals surface area contributed by atoms with Gasteiger partial charge < -0.3 is 15.0 Å². The summed E-state index contributed by atoms with van der Waals surface area (Å²) in [5, 5.41) is 2.61. The number of halogens is 1. The van der Waals surface area contributed by atoms with Crippen molar-refractivity contribution >= 4 is 17.8 Å². The molecule has 1 aromatic carbocycles. The molecule has 1 aromatic rings. The lowest BCUT2D eigenvalue weighted by Crippen LogP contribution is -2.52. The van der Waals surface area contributed by atoms with E-state index in [1.165, 1.54) is 19.1 Å². The smallest absolute Gasteiger partial charge is 0.314 e. The van der Waals surface area contributed by atoms with E-state index in [2.05, 4.69) is 5.32 Å². The monoisotopic (exact) mass is 378 g/mol. The summed E-state index contributed by atoms with van der Waals surface area (Å²) in [6, 6.07) is 6.06. The van der Waals surface area contributed by atoms with Gasteiger partial charge in [0.1, 0.15) is 5.82 Å². The van der Waals surface area contributed by atoms with Crippen LogP contribution in [0.25, 0.3) is 0 Å². The van der Waals surface area contributed by atoms with E-state index < -0.39 is 5.41 Å². The Labute approximate surface area is 159 Å². The van der Waals surface area contributed by atoms with Crippen molar-refractivity contribution in [2.45, 2.75) is 39.5 Å². The number of ether oxygens (including phenoxy) is 1. The third kappa shape index (κ3) is 5.77. The molecule has 1 heterocycles. The first-order chi connectivity index (χ1) is 12.9.